The van der Waals surface area contributed by atoms with E-state index in [9.17, 15) is 17.6 Å². The molecular weight excluding hydrogens is 502 g/mol. The molecule has 7 aromatic rings. The predicted octanol–water partition coefficient (Wildman–Crippen LogP) is 9.69. The van der Waals surface area contributed by atoms with Gasteiger partial charge in [0.25, 0.3) is 0 Å². The SMILES string of the molecule is Fc1c(F)c(F)c2oc(-c3ccc(-c4c5ccccc5c(-c5ccccc5)c5ccccc45)cc3)nc2c1F. The molecule has 2 nitrogen and oxygen atoms in total. The van der Waals surface area contributed by atoms with Gasteiger partial charge in [0.05, 0.1) is 0 Å². The summed E-state index contributed by atoms with van der Waals surface area (Å²) in [5, 5.41) is 4.35. The molecule has 188 valence electrons. The lowest BCUT2D eigenvalue weighted by atomic mass is 9.86. The maximum atomic E-state index is 14.2. The first-order valence-electron chi connectivity index (χ1n) is 12.2. The lowest BCUT2D eigenvalue weighted by molar-refractivity contribution is 0.411. The molecule has 0 fully saturated rings. The van der Waals surface area contributed by atoms with Crippen LogP contribution in [-0.2, 0) is 0 Å². The monoisotopic (exact) mass is 519 g/mol. The highest BCUT2D eigenvalue weighted by molar-refractivity contribution is 6.21. The Hall–Kier alpha value is -4.97. The summed E-state index contributed by atoms with van der Waals surface area (Å²) in [6.45, 7) is 0. The van der Waals surface area contributed by atoms with Gasteiger partial charge in [0.1, 0.15) is 0 Å². The minimum absolute atomic E-state index is 0.145. The van der Waals surface area contributed by atoms with Gasteiger partial charge < -0.3 is 4.42 Å². The van der Waals surface area contributed by atoms with Gasteiger partial charge in [-0.15, -0.1) is 0 Å². The Kier molecular flexibility index (Phi) is 5.23. The summed E-state index contributed by atoms with van der Waals surface area (Å²) >= 11 is 0. The van der Waals surface area contributed by atoms with Gasteiger partial charge in [-0.1, -0.05) is 91.0 Å². The largest absolute Gasteiger partial charge is 0.433 e. The van der Waals surface area contributed by atoms with E-state index in [2.05, 4.69) is 41.4 Å². The van der Waals surface area contributed by atoms with Crippen molar-refractivity contribution in [1.82, 2.24) is 4.98 Å². The van der Waals surface area contributed by atoms with Crippen LogP contribution in [0.2, 0.25) is 0 Å². The van der Waals surface area contributed by atoms with Crippen molar-refractivity contribution in [2.24, 2.45) is 0 Å². The van der Waals surface area contributed by atoms with Gasteiger partial charge in [-0.05, 0) is 55.9 Å². The minimum Gasteiger partial charge on any atom is -0.433 e. The van der Waals surface area contributed by atoms with E-state index in [1.165, 1.54) is 0 Å². The quantitative estimate of drug-likeness (QED) is 0.101. The maximum absolute atomic E-state index is 14.2. The van der Waals surface area contributed by atoms with Gasteiger partial charge in [0.15, 0.2) is 22.7 Å². The van der Waals surface area contributed by atoms with E-state index in [-0.39, 0.29) is 5.89 Å². The topological polar surface area (TPSA) is 26.0 Å². The van der Waals surface area contributed by atoms with E-state index in [1.807, 2.05) is 54.6 Å². The average molecular weight is 519 g/mol. The van der Waals surface area contributed by atoms with E-state index < -0.39 is 34.4 Å². The Morgan fingerprint density at radius 2 is 0.872 bits per heavy atom. The zero-order valence-electron chi connectivity index (χ0n) is 20.2. The number of rotatable bonds is 3. The highest BCUT2D eigenvalue weighted by atomic mass is 19.2. The maximum Gasteiger partial charge on any atom is 0.227 e. The van der Waals surface area contributed by atoms with E-state index in [0.717, 1.165) is 43.8 Å². The Balaban J connectivity index is 1.43. The molecule has 0 aliphatic rings. The molecule has 7 rings (SSSR count). The predicted molar refractivity (Wildman–Crippen MR) is 145 cm³/mol. The molecule has 0 spiro atoms. The summed E-state index contributed by atoms with van der Waals surface area (Å²) in [6, 6.07) is 33.9. The Labute approximate surface area is 219 Å². The van der Waals surface area contributed by atoms with Crippen LogP contribution in [0.15, 0.2) is 108 Å². The average Bonchev–Trinajstić information content (AvgIpc) is 3.44. The zero-order chi connectivity index (χ0) is 26.7. The van der Waals surface area contributed by atoms with Gasteiger partial charge in [-0.2, -0.15) is 4.39 Å². The fraction of sp³-hybridized carbons (Fsp3) is 0. The highest BCUT2D eigenvalue weighted by Gasteiger charge is 2.26. The first kappa shape index (κ1) is 23.2. The van der Waals surface area contributed by atoms with Crippen LogP contribution in [-0.4, -0.2) is 4.98 Å². The van der Waals surface area contributed by atoms with Crippen LogP contribution in [0.3, 0.4) is 0 Å². The fourth-order valence-corrected chi connectivity index (χ4v) is 5.27. The zero-order valence-corrected chi connectivity index (χ0v) is 20.2. The first-order chi connectivity index (χ1) is 19.0. The van der Waals surface area contributed by atoms with E-state index in [4.69, 9.17) is 4.42 Å². The number of hydrogen-bond donors (Lipinski definition) is 0. The molecule has 39 heavy (non-hydrogen) atoms. The Bertz CT molecular complexity index is 1950. The second kappa shape index (κ2) is 8.81. The van der Waals surface area contributed by atoms with E-state index in [0.29, 0.717) is 5.56 Å². The number of oxazole rings is 1. The van der Waals surface area contributed by atoms with Gasteiger partial charge in [0.2, 0.25) is 17.5 Å². The van der Waals surface area contributed by atoms with Crippen LogP contribution in [0.4, 0.5) is 17.6 Å². The van der Waals surface area contributed by atoms with Crippen LogP contribution in [0.1, 0.15) is 0 Å². The van der Waals surface area contributed by atoms with Crippen molar-refractivity contribution in [2.75, 3.05) is 0 Å². The number of hydrogen-bond acceptors (Lipinski definition) is 2. The Morgan fingerprint density at radius 1 is 0.436 bits per heavy atom. The first-order valence-corrected chi connectivity index (χ1v) is 12.2. The molecular formula is C33H17F4NO. The van der Waals surface area contributed by atoms with Crippen molar-refractivity contribution in [3.63, 3.8) is 0 Å². The summed E-state index contributed by atoms with van der Waals surface area (Å²) < 4.78 is 61.1. The van der Waals surface area contributed by atoms with Crippen molar-refractivity contribution < 1.29 is 22.0 Å². The Morgan fingerprint density at radius 3 is 1.41 bits per heavy atom. The third-order valence-electron chi connectivity index (χ3n) is 7.03. The van der Waals surface area contributed by atoms with Crippen molar-refractivity contribution in [2.45, 2.75) is 0 Å². The molecule has 6 heteroatoms. The molecule has 0 radical (unpaired) electrons. The summed E-state index contributed by atoms with van der Waals surface area (Å²) in [4.78, 5) is 3.90. The standard InChI is InChI=1S/C33H17F4NO/c34-27-28(35)30(37)32-31(29(27)36)38-33(39-32)20-16-14-19(15-17-20)26-23-12-6-4-10-21(23)25(18-8-2-1-3-9-18)22-11-5-7-13-24(22)26/h1-17H. The van der Waals surface area contributed by atoms with E-state index >= 15 is 0 Å². The molecule has 0 aliphatic carbocycles. The number of benzene rings is 6. The molecule has 6 aromatic carbocycles. The minimum atomic E-state index is -1.93. The molecule has 0 saturated heterocycles. The molecule has 0 unspecified atom stereocenters. The van der Waals surface area contributed by atoms with E-state index in [1.54, 1.807) is 12.1 Å². The van der Waals surface area contributed by atoms with Crippen LogP contribution in [0.25, 0.3) is 66.4 Å². The number of fused-ring (bicyclic) bond motifs is 3. The molecule has 0 N–H and O–H groups in total. The number of nitrogens with zero attached hydrogens (tertiary/aromatic N) is 1. The summed E-state index contributed by atoms with van der Waals surface area (Å²) in [7, 11) is 0. The molecule has 0 aliphatic heterocycles. The van der Waals surface area contributed by atoms with Gasteiger partial charge in [-0.3, -0.25) is 0 Å². The fourth-order valence-electron chi connectivity index (χ4n) is 5.27. The second-order valence-corrected chi connectivity index (χ2v) is 9.24. The van der Waals surface area contributed by atoms with Crippen molar-refractivity contribution >= 4 is 32.6 Å². The third-order valence-corrected chi connectivity index (χ3v) is 7.03. The highest BCUT2D eigenvalue weighted by Crippen LogP contribution is 2.43. The number of halogens is 4. The van der Waals surface area contributed by atoms with Crippen molar-refractivity contribution in [1.29, 1.82) is 0 Å². The second-order valence-electron chi connectivity index (χ2n) is 9.24. The van der Waals surface area contributed by atoms with Crippen molar-refractivity contribution in [3.05, 3.63) is 126 Å². The lowest BCUT2D eigenvalue weighted by Crippen LogP contribution is -1.96. The normalized spacial score (nSPS) is 11.6. The van der Waals surface area contributed by atoms with Crippen LogP contribution < -0.4 is 0 Å². The van der Waals surface area contributed by atoms with Crippen LogP contribution >= 0.6 is 0 Å². The van der Waals surface area contributed by atoms with Crippen LogP contribution in [0, 0.1) is 23.3 Å². The summed E-state index contributed by atoms with van der Waals surface area (Å²) in [5.41, 5.74) is 3.16. The van der Waals surface area contributed by atoms with Gasteiger partial charge in [0, 0.05) is 5.56 Å². The number of aromatic nitrogens is 1. The van der Waals surface area contributed by atoms with Crippen LogP contribution in [0.5, 0.6) is 0 Å². The summed E-state index contributed by atoms with van der Waals surface area (Å²) in [5.74, 6) is -7.21. The molecule has 1 heterocycles. The smallest absolute Gasteiger partial charge is 0.227 e. The molecule has 0 saturated carbocycles. The molecule has 0 bridgehead atoms. The van der Waals surface area contributed by atoms with Gasteiger partial charge in [-0.25, -0.2) is 18.2 Å². The molecule has 0 amide bonds. The summed E-state index contributed by atoms with van der Waals surface area (Å²) in [6.07, 6.45) is 0. The lowest BCUT2D eigenvalue weighted by Gasteiger charge is -2.17. The third kappa shape index (κ3) is 3.52. The molecule has 0 atom stereocenters. The molecule has 1 aromatic heterocycles. The van der Waals surface area contributed by atoms with Crippen molar-refractivity contribution in [3.8, 4) is 33.7 Å². The van der Waals surface area contributed by atoms with Gasteiger partial charge >= 0.3 is 0 Å².